The number of phenolic OH excluding ortho intramolecular Hbond substituents is 1. The molecule has 2 aliphatic rings. The Morgan fingerprint density at radius 3 is 2.86 bits per heavy atom. The summed E-state index contributed by atoms with van der Waals surface area (Å²) in [6.45, 7) is 1.92. The first-order valence-electron chi connectivity index (χ1n) is 8.12. The molecule has 118 valence electrons. The predicted octanol–water partition coefficient (Wildman–Crippen LogP) is 2.51. The zero-order valence-corrected chi connectivity index (χ0v) is 13.1. The molecule has 1 aromatic carbocycles. The Bertz CT molecular complexity index is 627. The molecule has 0 bridgehead atoms. The molecule has 1 saturated carbocycles. The van der Waals surface area contributed by atoms with Gasteiger partial charge in [0.1, 0.15) is 11.4 Å². The third-order valence-corrected chi connectivity index (χ3v) is 5.65. The van der Waals surface area contributed by atoms with E-state index in [-0.39, 0.29) is 12.0 Å². The molecule has 22 heavy (non-hydrogen) atoms. The van der Waals surface area contributed by atoms with Crippen LogP contribution < -0.4 is 0 Å². The number of aliphatic hydroxyl groups is 2. The lowest BCUT2D eigenvalue weighted by Gasteiger charge is -2.52. The Labute approximate surface area is 132 Å². The van der Waals surface area contributed by atoms with Crippen LogP contribution in [0.15, 0.2) is 18.2 Å². The summed E-state index contributed by atoms with van der Waals surface area (Å²) in [7, 11) is 0. The molecular formula is C19H24O3. The molecule has 1 fully saturated rings. The molecule has 0 radical (unpaired) electrons. The molecule has 0 amide bonds. The van der Waals surface area contributed by atoms with Gasteiger partial charge in [0, 0.05) is 12.0 Å². The van der Waals surface area contributed by atoms with Crippen molar-refractivity contribution < 1.29 is 15.3 Å². The molecule has 3 nitrogen and oxygen atoms in total. The first-order valence-corrected chi connectivity index (χ1v) is 8.12. The van der Waals surface area contributed by atoms with E-state index in [0.717, 1.165) is 19.3 Å². The Hall–Kier alpha value is -1.50. The van der Waals surface area contributed by atoms with Crippen LogP contribution in [-0.2, 0) is 11.8 Å². The minimum atomic E-state index is -0.882. The molecule has 3 rings (SSSR count). The monoisotopic (exact) mass is 300 g/mol. The third-order valence-electron chi connectivity index (χ3n) is 5.65. The average Bonchev–Trinajstić information content (AvgIpc) is 2.48. The number of hydrogen-bond donors (Lipinski definition) is 3. The zero-order chi connectivity index (χ0) is 15.8. The van der Waals surface area contributed by atoms with Gasteiger partial charge in [0.05, 0.1) is 0 Å². The van der Waals surface area contributed by atoms with E-state index in [0.29, 0.717) is 30.9 Å². The van der Waals surface area contributed by atoms with Gasteiger partial charge in [0.15, 0.2) is 0 Å². The van der Waals surface area contributed by atoms with Crippen molar-refractivity contribution in [3.63, 3.8) is 0 Å². The van der Waals surface area contributed by atoms with Crippen molar-refractivity contribution >= 4 is 0 Å². The number of hydrogen-bond acceptors (Lipinski definition) is 3. The van der Waals surface area contributed by atoms with Crippen LogP contribution in [0.25, 0.3) is 0 Å². The molecule has 0 unspecified atom stereocenters. The molecule has 0 heterocycles. The summed E-state index contributed by atoms with van der Waals surface area (Å²) in [5, 5.41) is 30.1. The quantitative estimate of drug-likeness (QED) is 0.736. The van der Waals surface area contributed by atoms with E-state index >= 15 is 0 Å². The van der Waals surface area contributed by atoms with Gasteiger partial charge in [-0.05, 0) is 74.6 Å². The van der Waals surface area contributed by atoms with E-state index in [1.807, 2.05) is 12.1 Å². The lowest BCUT2D eigenvalue weighted by atomic mass is 9.53. The Morgan fingerprint density at radius 2 is 2.14 bits per heavy atom. The van der Waals surface area contributed by atoms with Crippen molar-refractivity contribution in [2.24, 2.45) is 5.92 Å². The predicted molar refractivity (Wildman–Crippen MR) is 85.5 cm³/mol. The fourth-order valence-electron chi connectivity index (χ4n) is 4.68. The smallest absolute Gasteiger partial charge is 0.125 e. The van der Waals surface area contributed by atoms with Crippen LogP contribution in [0.5, 0.6) is 5.75 Å². The fourth-order valence-corrected chi connectivity index (χ4v) is 4.68. The number of aromatic hydroxyl groups is 1. The topological polar surface area (TPSA) is 60.7 Å². The second-order valence-electron chi connectivity index (χ2n) is 6.82. The highest BCUT2D eigenvalue weighted by Gasteiger charge is 2.50. The summed E-state index contributed by atoms with van der Waals surface area (Å²) < 4.78 is 0. The normalized spacial score (nSPS) is 33.3. The van der Waals surface area contributed by atoms with E-state index in [1.54, 1.807) is 13.0 Å². The largest absolute Gasteiger partial charge is 0.508 e. The number of rotatable bonds is 2. The number of benzene rings is 1. The second kappa shape index (κ2) is 5.61. The molecule has 3 heteroatoms. The Morgan fingerprint density at radius 1 is 1.32 bits per heavy atom. The van der Waals surface area contributed by atoms with Gasteiger partial charge in [-0.15, -0.1) is 5.92 Å². The van der Waals surface area contributed by atoms with Crippen molar-refractivity contribution in [3.05, 3.63) is 29.3 Å². The number of phenols is 1. The Kier molecular flexibility index (Phi) is 3.92. The van der Waals surface area contributed by atoms with Crippen molar-refractivity contribution in [1.29, 1.82) is 0 Å². The molecular weight excluding hydrogens is 276 g/mol. The molecule has 1 aromatic rings. The number of aliphatic hydroxyl groups excluding tert-OH is 1. The molecule has 0 aromatic heterocycles. The van der Waals surface area contributed by atoms with Crippen molar-refractivity contribution in [1.82, 2.24) is 0 Å². The van der Waals surface area contributed by atoms with Crippen molar-refractivity contribution in [3.8, 4) is 17.6 Å². The summed E-state index contributed by atoms with van der Waals surface area (Å²) in [5.74, 6) is 6.49. The molecule has 0 spiro atoms. The fraction of sp³-hybridized carbons (Fsp3) is 0.579. The van der Waals surface area contributed by atoms with Crippen molar-refractivity contribution in [2.45, 2.75) is 56.5 Å². The summed E-state index contributed by atoms with van der Waals surface area (Å²) >= 11 is 0. The average molecular weight is 300 g/mol. The molecule has 3 atom stereocenters. The molecule has 0 aliphatic heterocycles. The van der Waals surface area contributed by atoms with E-state index in [1.165, 1.54) is 11.1 Å². The van der Waals surface area contributed by atoms with Gasteiger partial charge in [-0.1, -0.05) is 12.0 Å². The number of aryl methyl sites for hydroxylation is 1. The highest BCUT2D eigenvalue weighted by Crippen LogP contribution is 2.54. The highest BCUT2D eigenvalue weighted by atomic mass is 16.3. The molecule has 2 aliphatic carbocycles. The SMILES string of the molecule is CC#C[C@@]1(O)CC[C@@]2(CCO)c3ccc(O)cc3CC[C@@H]2C1. The lowest BCUT2D eigenvalue weighted by Crippen LogP contribution is -2.50. The van der Waals surface area contributed by atoms with Gasteiger partial charge < -0.3 is 15.3 Å². The minimum absolute atomic E-state index is 0.0856. The van der Waals surface area contributed by atoms with E-state index in [2.05, 4.69) is 11.8 Å². The highest BCUT2D eigenvalue weighted by molar-refractivity contribution is 5.43. The van der Waals surface area contributed by atoms with Crippen LogP contribution in [0.2, 0.25) is 0 Å². The van der Waals surface area contributed by atoms with Crippen LogP contribution >= 0.6 is 0 Å². The minimum Gasteiger partial charge on any atom is -0.508 e. The van der Waals surface area contributed by atoms with Crippen LogP contribution in [0.3, 0.4) is 0 Å². The zero-order valence-electron chi connectivity index (χ0n) is 13.1. The standard InChI is InChI=1S/C19H24O3/c1-2-7-18(22)8-9-19(10-11-20)15(13-18)4-3-14-12-16(21)5-6-17(14)19/h5-6,12,15,20-22H,3-4,8-11,13H2,1H3/t15-,18-,19+/m1/s1. The van der Waals surface area contributed by atoms with Crippen LogP contribution in [-0.4, -0.2) is 27.5 Å². The van der Waals surface area contributed by atoms with Crippen LogP contribution in [0.4, 0.5) is 0 Å². The van der Waals surface area contributed by atoms with E-state index in [4.69, 9.17) is 0 Å². The van der Waals surface area contributed by atoms with Gasteiger partial charge in [-0.2, -0.15) is 0 Å². The second-order valence-corrected chi connectivity index (χ2v) is 6.82. The summed E-state index contributed by atoms with van der Waals surface area (Å²) in [6.07, 6.45) is 4.76. The number of fused-ring (bicyclic) bond motifs is 3. The summed E-state index contributed by atoms with van der Waals surface area (Å²) in [4.78, 5) is 0. The van der Waals surface area contributed by atoms with Crippen molar-refractivity contribution in [2.75, 3.05) is 6.61 Å². The first kappa shape index (κ1) is 15.4. The maximum absolute atomic E-state index is 10.7. The van der Waals surface area contributed by atoms with E-state index in [9.17, 15) is 15.3 Å². The maximum Gasteiger partial charge on any atom is 0.125 e. The maximum atomic E-state index is 10.7. The lowest BCUT2D eigenvalue weighted by molar-refractivity contribution is -0.0153. The molecule has 3 N–H and O–H groups in total. The van der Waals surface area contributed by atoms with Gasteiger partial charge in [0.2, 0.25) is 0 Å². The van der Waals surface area contributed by atoms with Gasteiger partial charge in [-0.25, -0.2) is 0 Å². The first-order chi connectivity index (χ1) is 10.5. The summed E-state index contributed by atoms with van der Waals surface area (Å²) in [6, 6.07) is 5.62. The van der Waals surface area contributed by atoms with E-state index < -0.39 is 5.60 Å². The third kappa shape index (κ3) is 2.41. The van der Waals surface area contributed by atoms with Gasteiger partial charge >= 0.3 is 0 Å². The van der Waals surface area contributed by atoms with Crippen LogP contribution in [0.1, 0.15) is 50.2 Å². The summed E-state index contributed by atoms with van der Waals surface area (Å²) in [5.41, 5.74) is 1.48. The van der Waals surface area contributed by atoms with Gasteiger partial charge in [0.25, 0.3) is 0 Å². The van der Waals surface area contributed by atoms with Crippen LogP contribution in [0, 0.1) is 17.8 Å². The Balaban J connectivity index is 2.03. The molecule has 0 saturated heterocycles. The van der Waals surface area contributed by atoms with Gasteiger partial charge in [-0.3, -0.25) is 0 Å².